The van der Waals surface area contributed by atoms with Crippen LogP contribution in [0.1, 0.15) is 36.9 Å². The van der Waals surface area contributed by atoms with Crippen LogP contribution in [0, 0.1) is 5.92 Å². The first-order chi connectivity index (χ1) is 13.3. The molecule has 2 bridgehead atoms. The molecule has 0 saturated carbocycles. The number of imidazole rings is 1. The van der Waals surface area contributed by atoms with Gasteiger partial charge in [0.15, 0.2) is 0 Å². The molecule has 0 aliphatic carbocycles. The van der Waals surface area contributed by atoms with Gasteiger partial charge in [0, 0.05) is 43.8 Å². The molecule has 1 aromatic carbocycles. The van der Waals surface area contributed by atoms with Crippen LogP contribution in [-0.4, -0.2) is 58.2 Å². The Morgan fingerprint density at radius 2 is 2.04 bits per heavy atom. The molecule has 27 heavy (non-hydrogen) atoms. The van der Waals surface area contributed by atoms with Crippen molar-refractivity contribution in [1.82, 2.24) is 19.4 Å². The average Bonchev–Trinajstić information content (AvgIpc) is 3.35. The van der Waals surface area contributed by atoms with Crippen LogP contribution in [0.3, 0.4) is 0 Å². The van der Waals surface area contributed by atoms with Crippen LogP contribution in [0.4, 0.5) is 0 Å². The maximum Gasteiger partial charge on any atom is 0.119 e. The van der Waals surface area contributed by atoms with E-state index in [1.54, 1.807) is 7.11 Å². The topological polar surface area (TPSA) is 33.5 Å². The van der Waals surface area contributed by atoms with Crippen molar-refractivity contribution < 1.29 is 4.74 Å². The van der Waals surface area contributed by atoms with E-state index in [1.807, 2.05) is 6.33 Å². The highest BCUT2D eigenvalue weighted by molar-refractivity contribution is 5.34. The van der Waals surface area contributed by atoms with E-state index in [0.29, 0.717) is 18.0 Å². The summed E-state index contributed by atoms with van der Waals surface area (Å²) in [6.45, 7) is 7.88. The van der Waals surface area contributed by atoms with Gasteiger partial charge in [0.25, 0.3) is 0 Å². The molecule has 4 saturated heterocycles. The lowest BCUT2D eigenvalue weighted by Crippen LogP contribution is -2.60. The Kier molecular flexibility index (Phi) is 4.44. The maximum atomic E-state index is 5.52. The lowest BCUT2D eigenvalue weighted by atomic mass is 9.75. The first-order valence-electron chi connectivity index (χ1n) is 10.4. The molecule has 6 rings (SSSR count). The minimum atomic E-state index is 0.561. The summed E-state index contributed by atoms with van der Waals surface area (Å²) in [5.74, 6) is 2.38. The number of hydrogen-bond donors (Lipinski definition) is 0. The number of piperidine rings is 3. The van der Waals surface area contributed by atoms with E-state index < -0.39 is 0 Å². The van der Waals surface area contributed by atoms with Crippen molar-refractivity contribution >= 4 is 0 Å². The Morgan fingerprint density at radius 1 is 1.19 bits per heavy atom. The Labute approximate surface area is 161 Å². The Morgan fingerprint density at radius 3 is 2.81 bits per heavy atom. The summed E-state index contributed by atoms with van der Waals surface area (Å²) >= 11 is 0. The summed E-state index contributed by atoms with van der Waals surface area (Å²) in [6.07, 6.45) is 6.74. The molecule has 5 heterocycles. The first kappa shape index (κ1) is 17.3. The van der Waals surface area contributed by atoms with Crippen molar-refractivity contribution in [2.45, 2.75) is 50.9 Å². The van der Waals surface area contributed by atoms with Crippen LogP contribution in [0.2, 0.25) is 0 Å². The highest BCUT2D eigenvalue weighted by Crippen LogP contribution is 2.47. The highest BCUT2D eigenvalue weighted by atomic mass is 16.5. The van der Waals surface area contributed by atoms with Crippen LogP contribution in [0.15, 0.2) is 36.8 Å². The molecule has 2 aromatic rings. The number of aromatic nitrogens is 2. The number of fused-ring (bicyclic) bond motifs is 2. The standard InChI is InChI=1S/C22H30N4O/c1-3-24-15-23-12-18(24)13-26-14-20(17-5-4-6-19(11-17)27-2)22-21(26)16-7-9-25(22)10-8-16/h4-6,11-12,15-16,20-22H,3,7-10,13-14H2,1-2H3/t20-,21+,22+/m0/s1. The predicted octanol–water partition coefficient (Wildman–Crippen LogP) is 2.97. The third-order valence-corrected chi connectivity index (χ3v) is 7.12. The molecule has 5 nitrogen and oxygen atoms in total. The lowest BCUT2D eigenvalue weighted by molar-refractivity contribution is -0.00921. The van der Waals surface area contributed by atoms with Gasteiger partial charge >= 0.3 is 0 Å². The number of hydrogen-bond acceptors (Lipinski definition) is 4. The van der Waals surface area contributed by atoms with Gasteiger partial charge in [-0.1, -0.05) is 12.1 Å². The van der Waals surface area contributed by atoms with Crippen LogP contribution >= 0.6 is 0 Å². The monoisotopic (exact) mass is 366 g/mol. The number of aryl methyl sites for hydroxylation is 1. The molecule has 0 amide bonds. The van der Waals surface area contributed by atoms with Gasteiger partial charge in [-0.05, 0) is 56.5 Å². The van der Waals surface area contributed by atoms with Crippen molar-refractivity contribution in [3.8, 4) is 5.75 Å². The van der Waals surface area contributed by atoms with Crippen molar-refractivity contribution in [3.63, 3.8) is 0 Å². The minimum Gasteiger partial charge on any atom is -0.497 e. The van der Waals surface area contributed by atoms with Gasteiger partial charge in [-0.3, -0.25) is 9.80 Å². The second-order valence-corrected chi connectivity index (χ2v) is 8.34. The third kappa shape index (κ3) is 2.88. The van der Waals surface area contributed by atoms with Crippen LogP contribution in [-0.2, 0) is 13.1 Å². The summed E-state index contributed by atoms with van der Waals surface area (Å²) in [7, 11) is 1.76. The number of rotatable bonds is 5. The number of likely N-dealkylation sites (tertiary alicyclic amines) is 1. The zero-order chi connectivity index (χ0) is 18.4. The second kappa shape index (κ2) is 6.95. The van der Waals surface area contributed by atoms with Gasteiger partial charge in [-0.2, -0.15) is 0 Å². The van der Waals surface area contributed by atoms with Crippen LogP contribution in [0.25, 0.3) is 0 Å². The fourth-order valence-electron chi connectivity index (χ4n) is 5.86. The molecule has 0 spiro atoms. The van der Waals surface area contributed by atoms with Gasteiger partial charge in [-0.25, -0.2) is 4.98 Å². The summed E-state index contributed by atoms with van der Waals surface area (Å²) in [4.78, 5) is 9.92. The minimum absolute atomic E-state index is 0.561. The second-order valence-electron chi connectivity index (χ2n) is 8.34. The first-order valence-corrected chi connectivity index (χ1v) is 10.4. The molecule has 4 aliphatic rings. The highest BCUT2D eigenvalue weighted by Gasteiger charge is 2.53. The molecule has 0 N–H and O–H groups in total. The molecule has 4 fully saturated rings. The van der Waals surface area contributed by atoms with Gasteiger partial charge in [-0.15, -0.1) is 0 Å². The normalized spacial score (nSPS) is 32.6. The quantitative estimate of drug-likeness (QED) is 0.815. The molecule has 3 atom stereocenters. The lowest BCUT2D eigenvalue weighted by Gasteiger charge is -2.51. The maximum absolute atomic E-state index is 5.52. The number of benzene rings is 1. The number of nitrogens with zero attached hydrogens (tertiary/aromatic N) is 4. The molecule has 4 aliphatic heterocycles. The Bertz CT molecular complexity index is 795. The van der Waals surface area contributed by atoms with E-state index in [4.69, 9.17) is 4.74 Å². The summed E-state index contributed by atoms with van der Waals surface area (Å²) in [5.41, 5.74) is 2.78. The molecule has 0 radical (unpaired) electrons. The van der Waals surface area contributed by atoms with E-state index in [2.05, 4.69) is 56.7 Å². The van der Waals surface area contributed by atoms with Crippen LogP contribution in [0.5, 0.6) is 5.75 Å². The van der Waals surface area contributed by atoms with E-state index in [1.165, 1.54) is 37.2 Å². The third-order valence-electron chi connectivity index (χ3n) is 7.12. The van der Waals surface area contributed by atoms with Gasteiger partial charge in [0.2, 0.25) is 0 Å². The number of ether oxygens (including phenoxy) is 1. The van der Waals surface area contributed by atoms with E-state index in [9.17, 15) is 0 Å². The molecule has 144 valence electrons. The van der Waals surface area contributed by atoms with Crippen molar-refractivity contribution in [1.29, 1.82) is 0 Å². The smallest absolute Gasteiger partial charge is 0.119 e. The SMILES string of the molecule is CCn1cncc1CN1C[C@@H](c2cccc(OC)c2)[C@@H]2[C@H]1C1CCN2CC1. The van der Waals surface area contributed by atoms with Gasteiger partial charge in [0.1, 0.15) is 5.75 Å². The van der Waals surface area contributed by atoms with Crippen molar-refractivity contribution in [2.24, 2.45) is 5.92 Å². The zero-order valence-corrected chi connectivity index (χ0v) is 16.4. The Hall–Kier alpha value is -1.85. The Balaban J connectivity index is 1.48. The summed E-state index contributed by atoms with van der Waals surface area (Å²) in [5, 5.41) is 0. The van der Waals surface area contributed by atoms with Crippen molar-refractivity contribution in [3.05, 3.63) is 48.0 Å². The summed E-state index contributed by atoms with van der Waals surface area (Å²) in [6, 6.07) is 10.1. The fourth-order valence-corrected chi connectivity index (χ4v) is 5.86. The zero-order valence-electron chi connectivity index (χ0n) is 16.4. The molecule has 0 unspecified atom stereocenters. The molecule has 5 heteroatoms. The van der Waals surface area contributed by atoms with Crippen LogP contribution < -0.4 is 4.74 Å². The molecular formula is C22H30N4O. The van der Waals surface area contributed by atoms with E-state index in [-0.39, 0.29) is 0 Å². The molecular weight excluding hydrogens is 336 g/mol. The van der Waals surface area contributed by atoms with Gasteiger partial charge < -0.3 is 9.30 Å². The van der Waals surface area contributed by atoms with Crippen molar-refractivity contribution in [2.75, 3.05) is 26.7 Å². The summed E-state index contributed by atoms with van der Waals surface area (Å²) < 4.78 is 7.80. The van der Waals surface area contributed by atoms with Gasteiger partial charge in [0.05, 0.1) is 19.1 Å². The van der Waals surface area contributed by atoms with E-state index >= 15 is 0 Å². The molecule has 1 aromatic heterocycles. The predicted molar refractivity (Wildman–Crippen MR) is 106 cm³/mol. The fraction of sp³-hybridized carbons (Fsp3) is 0.591. The van der Waals surface area contributed by atoms with E-state index in [0.717, 1.165) is 31.3 Å². The number of methoxy groups -OCH3 is 1. The average molecular weight is 367 g/mol. The largest absolute Gasteiger partial charge is 0.497 e.